The molecule has 0 saturated carbocycles. The molecule has 5 rings (SSSR count). The first-order valence-corrected chi connectivity index (χ1v) is 6.95. The number of piperazine rings is 1. The lowest BCUT2D eigenvalue weighted by Crippen LogP contribution is -2.70. The molecule has 2 aromatic rings. The molecule has 0 radical (unpaired) electrons. The van der Waals surface area contributed by atoms with Crippen molar-refractivity contribution < 1.29 is 13.6 Å². The highest BCUT2D eigenvalue weighted by atomic mass is 19.1. The minimum absolute atomic E-state index is 0.0539. The van der Waals surface area contributed by atoms with Gasteiger partial charge in [-0.05, 0) is 24.6 Å². The summed E-state index contributed by atoms with van der Waals surface area (Å²) in [6, 6.07) is 6.96. The van der Waals surface area contributed by atoms with E-state index in [1.807, 2.05) is 4.90 Å². The molecule has 21 heavy (non-hydrogen) atoms. The zero-order valence-electron chi connectivity index (χ0n) is 11.3. The molecule has 3 fully saturated rings. The number of halogens is 1. The van der Waals surface area contributed by atoms with Crippen LogP contribution in [0.15, 0.2) is 41.1 Å². The van der Waals surface area contributed by atoms with E-state index in [4.69, 9.17) is 4.42 Å². The highest BCUT2D eigenvalue weighted by Crippen LogP contribution is 2.35. The molecule has 0 aliphatic carbocycles. The number of aromatic nitrogens is 1. The van der Waals surface area contributed by atoms with Crippen molar-refractivity contribution in [1.82, 2.24) is 9.88 Å². The van der Waals surface area contributed by atoms with Crippen LogP contribution in [0.4, 0.5) is 10.1 Å². The lowest BCUT2D eigenvalue weighted by Gasteiger charge is -2.56. The molecule has 1 amide bonds. The summed E-state index contributed by atoms with van der Waals surface area (Å²) < 4.78 is 18.4. The number of carbonyl (C=O) groups excluding carboxylic acids is 1. The zero-order valence-corrected chi connectivity index (χ0v) is 11.3. The Labute approximate surface area is 121 Å². The van der Waals surface area contributed by atoms with Gasteiger partial charge in [0.25, 0.3) is 5.91 Å². The maximum Gasteiger partial charge on any atom is 0.290 e. The van der Waals surface area contributed by atoms with Crippen molar-refractivity contribution in [2.75, 3.05) is 18.0 Å². The largest absolute Gasteiger partial charge is 0.459 e. The molecule has 5 nitrogen and oxygen atoms in total. The fraction of sp³-hybridized carbons (Fsp3) is 0.333. The van der Waals surface area contributed by atoms with Crippen molar-refractivity contribution >= 4 is 11.6 Å². The monoisotopic (exact) mass is 287 g/mol. The summed E-state index contributed by atoms with van der Waals surface area (Å²) in [5.41, 5.74) is 0.822. The summed E-state index contributed by atoms with van der Waals surface area (Å²) >= 11 is 0. The highest BCUT2D eigenvalue weighted by molar-refractivity contribution is 5.92. The number of amides is 1. The molecule has 2 atom stereocenters. The molecule has 5 heterocycles. The van der Waals surface area contributed by atoms with Gasteiger partial charge < -0.3 is 14.2 Å². The van der Waals surface area contributed by atoms with Crippen LogP contribution >= 0.6 is 0 Å². The Morgan fingerprint density at radius 3 is 2.81 bits per heavy atom. The van der Waals surface area contributed by atoms with E-state index in [9.17, 15) is 9.18 Å². The van der Waals surface area contributed by atoms with Gasteiger partial charge in [-0.2, -0.15) is 4.39 Å². The molecule has 3 saturated heterocycles. The number of nitrogens with zero attached hydrogens (tertiary/aromatic N) is 3. The molecule has 2 bridgehead atoms. The van der Waals surface area contributed by atoms with E-state index in [0.29, 0.717) is 18.8 Å². The molecule has 3 aliphatic rings. The minimum atomic E-state index is -0.477. The number of pyridine rings is 1. The third-order valence-electron chi connectivity index (χ3n) is 4.23. The van der Waals surface area contributed by atoms with Crippen LogP contribution in [0.2, 0.25) is 0 Å². The van der Waals surface area contributed by atoms with E-state index in [-0.39, 0.29) is 18.0 Å². The molecule has 3 aliphatic heterocycles. The van der Waals surface area contributed by atoms with Crippen LogP contribution in [-0.4, -0.2) is 41.0 Å². The summed E-state index contributed by atoms with van der Waals surface area (Å²) in [6.45, 7) is 1.43. The van der Waals surface area contributed by atoms with Crippen molar-refractivity contribution in [1.29, 1.82) is 0 Å². The van der Waals surface area contributed by atoms with Gasteiger partial charge in [0.2, 0.25) is 5.95 Å². The second-order valence-corrected chi connectivity index (χ2v) is 5.47. The maximum atomic E-state index is 13.2. The van der Waals surface area contributed by atoms with Crippen LogP contribution < -0.4 is 4.90 Å². The van der Waals surface area contributed by atoms with Crippen molar-refractivity contribution in [2.24, 2.45) is 0 Å². The SMILES string of the molecule is O=C(c1ccco1)N1C2CC1CN(c1ccnc(F)c1)C2. The summed E-state index contributed by atoms with van der Waals surface area (Å²) in [4.78, 5) is 19.9. The van der Waals surface area contributed by atoms with Crippen molar-refractivity contribution in [3.8, 4) is 0 Å². The average molecular weight is 287 g/mol. The van der Waals surface area contributed by atoms with Crippen molar-refractivity contribution in [3.05, 3.63) is 48.4 Å². The third-order valence-corrected chi connectivity index (χ3v) is 4.23. The van der Waals surface area contributed by atoms with Gasteiger partial charge in [0.1, 0.15) is 0 Å². The van der Waals surface area contributed by atoms with Gasteiger partial charge in [0, 0.05) is 31.0 Å². The average Bonchev–Trinajstić information content (AvgIpc) is 3.01. The topological polar surface area (TPSA) is 49.6 Å². The summed E-state index contributed by atoms with van der Waals surface area (Å²) in [5.74, 6) is -0.148. The predicted octanol–water partition coefficient (Wildman–Crippen LogP) is 1.92. The van der Waals surface area contributed by atoms with Crippen molar-refractivity contribution in [3.63, 3.8) is 0 Å². The molecule has 2 aromatic heterocycles. The highest BCUT2D eigenvalue weighted by Gasteiger charge is 2.48. The molecule has 6 heteroatoms. The Balaban J connectivity index is 1.50. The van der Waals surface area contributed by atoms with Crippen LogP contribution in [0.3, 0.4) is 0 Å². The predicted molar refractivity (Wildman–Crippen MR) is 73.5 cm³/mol. The molecule has 2 unspecified atom stereocenters. The Hall–Kier alpha value is -2.37. The number of piperidine rings is 1. The lowest BCUT2D eigenvalue weighted by atomic mass is 9.86. The summed E-state index contributed by atoms with van der Waals surface area (Å²) in [7, 11) is 0. The second kappa shape index (κ2) is 4.58. The van der Waals surface area contributed by atoms with Crippen LogP contribution in [-0.2, 0) is 0 Å². The fourth-order valence-electron chi connectivity index (χ4n) is 3.27. The number of furan rings is 1. The Kier molecular flexibility index (Phi) is 2.70. The zero-order chi connectivity index (χ0) is 14.4. The Morgan fingerprint density at radius 2 is 2.14 bits per heavy atom. The first-order chi connectivity index (χ1) is 10.2. The smallest absolute Gasteiger partial charge is 0.290 e. The molecule has 0 spiro atoms. The minimum Gasteiger partial charge on any atom is -0.459 e. The first-order valence-electron chi connectivity index (χ1n) is 6.95. The van der Waals surface area contributed by atoms with Gasteiger partial charge in [-0.15, -0.1) is 0 Å². The van der Waals surface area contributed by atoms with Gasteiger partial charge in [-0.25, -0.2) is 4.98 Å². The lowest BCUT2D eigenvalue weighted by molar-refractivity contribution is 0.00330. The van der Waals surface area contributed by atoms with Crippen LogP contribution in [0.1, 0.15) is 17.0 Å². The van der Waals surface area contributed by atoms with Gasteiger partial charge >= 0.3 is 0 Å². The third kappa shape index (κ3) is 1.98. The number of hydrogen-bond donors (Lipinski definition) is 0. The molecule has 108 valence electrons. The Morgan fingerprint density at radius 1 is 1.33 bits per heavy atom. The van der Waals surface area contributed by atoms with E-state index in [0.717, 1.165) is 12.1 Å². The number of anilines is 1. The number of hydrogen-bond acceptors (Lipinski definition) is 4. The summed E-state index contributed by atoms with van der Waals surface area (Å²) in [6.07, 6.45) is 3.97. The van der Waals surface area contributed by atoms with E-state index in [2.05, 4.69) is 9.88 Å². The van der Waals surface area contributed by atoms with E-state index >= 15 is 0 Å². The second-order valence-electron chi connectivity index (χ2n) is 5.47. The first kappa shape index (κ1) is 12.4. The molecular formula is C15H14FN3O2. The van der Waals surface area contributed by atoms with E-state index in [1.165, 1.54) is 18.5 Å². The fourth-order valence-corrected chi connectivity index (χ4v) is 3.27. The normalized spacial score (nSPS) is 23.9. The quantitative estimate of drug-likeness (QED) is 0.792. The van der Waals surface area contributed by atoms with Crippen molar-refractivity contribution in [2.45, 2.75) is 18.5 Å². The van der Waals surface area contributed by atoms with Gasteiger partial charge in [-0.1, -0.05) is 0 Å². The molecule has 0 aromatic carbocycles. The molecular weight excluding hydrogens is 273 g/mol. The molecule has 0 N–H and O–H groups in total. The number of fused-ring (bicyclic) bond motifs is 2. The Bertz CT molecular complexity index is 661. The van der Waals surface area contributed by atoms with E-state index < -0.39 is 5.95 Å². The number of rotatable bonds is 2. The maximum absolute atomic E-state index is 13.2. The van der Waals surface area contributed by atoms with Gasteiger partial charge in [0.05, 0.1) is 18.3 Å². The van der Waals surface area contributed by atoms with Gasteiger partial charge in [0.15, 0.2) is 5.76 Å². The standard InChI is InChI=1S/C15H14FN3O2/c16-14-7-10(3-4-17-14)18-8-11-6-12(9-18)19(11)15(20)13-2-1-5-21-13/h1-5,7,11-12H,6,8-9H2. The van der Waals surface area contributed by atoms with Crippen LogP contribution in [0.25, 0.3) is 0 Å². The summed E-state index contributed by atoms with van der Waals surface area (Å²) in [5, 5.41) is 0. The van der Waals surface area contributed by atoms with Gasteiger partial charge in [-0.3, -0.25) is 4.79 Å². The number of carbonyl (C=O) groups is 1. The van der Waals surface area contributed by atoms with Crippen LogP contribution in [0, 0.1) is 5.95 Å². The van der Waals surface area contributed by atoms with Crippen LogP contribution in [0.5, 0.6) is 0 Å². The van der Waals surface area contributed by atoms with E-state index in [1.54, 1.807) is 18.2 Å².